The monoisotopic (exact) mass is 298 g/mol. The smallest absolute Gasteiger partial charge is 0.276 e. The number of pyridine rings is 1. The van der Waals surface area contributed by atoms with E-state index in [0.717, 1.165) is 12.8 Å². The zero-order valence-electron chi connectivity index (χ0n) is 12.2. The Morgan fingerprint density at radius 1 is 1.29 bits per heavy atom. The lowest BCUT2D eigenvalue weighted by Crippen LogP contribution is -2.10. The van der Waals surface area contributed by atoms with Crippen LogP contribution in [0.3, 0.4) is 0 Å². The number of aliphatic hydroxyl groups excluding tert-OH is 1. The summed E-state index contributed by atoms with van der Waals surface area (Å²) in [5, 5.41) is 25.5. The van der Waals surface area contributed by atoms with Crippen LogP contribution in [0.15, 0.2) is 12.1 Å². The summed E-state index contributed by atoms with van der Waals surface area (Å²) in [6.07, 6.45) is 1.64. The first-order chi connectivity index (χ1) is 10.2. The lowest BCUT2D eigenvalue weighted by molar-refractivity contribution is -0.384. The van der Waals surface area contributed by atoms with E-state index >= 15 is 0 Å². The number of anilines is 2. The molecule has 1 rings (SSSR count). The fourth-order valence-corrected chi connectivity index (χ4v) is 1.61. The summed E-state index contributed by atoms with van der Waals surface area (Å²) in [5.41, 5.74) is 0.00244. The van der Waals surface area contributed by atoms with E-state index in [2.05, 4.69) is 15.6 Å². The summed E-state index contributed by atoms with van der Waals surface area (Å²) in [4.78, 5) is 14.7. The highest BCUT2D eigenvalue weighted by molar-refractivity contribution is 5.54. The number of aliphatic hydroxyl groups is 1. The molecule has 0 aromatic carbocycles. The van der Waals surface area contributed by atoms with E-state index in [1.807, 2.05) is 6.92 Å². The van der Waals surface area contributed by atoms with Gasteiger partial charge in [-0.3, -0.25) is 10.1 Å². The summed E-state index contributed by atoms with van der Waals surface area (Å²) < 4.78 is 5.13. The third kappa shape index (κ3) is 6.87. The SMILES string of the molecule is CCCNc1cc([N+](=O)[O-])cc(NCCCOCCO)n1. The minimum atomic E-state index is -0.436. The van der Waals surface area contributed by atoms with Gasteiger partial charge in [0, 0.05) is 19.7 Å². The molecule has 0 atom stereocenters. The second-order valence-electron chi connectivity index (χ2n) is 4.40. The van der Waals surface area contributed by atoms with Gasteiger partial charge in [-0.25, -0.2) is 4.98 Å². The minimum Gasteiger partial charge on any atom is -0.394 e. The Morgan fingerprint density at radius 3 is 2.52 bits per heavy atom. The zero-order valence-corrected chi connectivity index (χ0v) is 12.2. The van der Waals surface area contributed by atoms with Gasteiger partial charge >= 0.3 is 0 Å². The Hall–Kier alpha value is -1.93. The van der Waals surface area contributed by atoms with Gasteiger partial charge in [-0.2, -0.15) is 0 Å². The van der Waals surface area contributed by atoms with Gasteiger partial charge < -0.3 is 20.5 Å². The molecule has 0 unspecified atom stereocenters. The van der Waals surface area contributed by atoms with E-state index < -0.39 is 4.92 Å². The molecule has 21 heavy (non-hydrogen) atoms. The molecule has 0 spiro atoms. The number of nitrogens with zero attached hydrogens (tertiary/aromatic N) is 2. The fraction of sp³-hybridized carbons (Fsp3) is 0.615. The second-order valence-corrected chi connectivity index (χ2v) is 4.40. The van der Waals surface area contributed by atoms with Crippen LogP contribution >= 0.6 is 0 Å². The van der Waals surface area contributed by atoms with E-state index in [1.165, 1.54) is 12.1 Å². The Bertz CT molecular complexity index is 442. The van der Waals surface area contributed by atoms with Crippen LogP contribution in [-0.4, -0.2) is 47.9 Å². The summed E-state index contributed by atoms with van der Waals surface area (Å²) in [5.74, 6) is 0.954. The average molecular weight is 298 g/mol. The minimum absolute atomic E-state index is 0.00244. The van der Waals surface area contributed by atoms with Crippen LogP contribution in [0.2, 0.25) is 0 Å². The van der Waals surface area contributed by atoms with Gasteiger partial charge in [0.15, 0.2) is 0 Å². The third-order valence-electron chi connectivity index (χ3n) is 2.58. The van der Waals surface area contributed by atoms with Crippen molar-refractivity contribution in [2.24, 2.45) is 0 Å². The van der Waals surface area contributed by atoms with Gasteiger partial charge in [0.25, 0.3) is 5.69 Å². The van der Waals surface area contributed by atoms with Crippen LogP contribution < -0.4 is 10.6 Å². The van der Waals surface area contributed by atoms with Gasteiger partial charge in [0.2, 0.25) is 0 Å². The molecule has 0 amide bonds. The molecular formula is C13H22N4O4. The second kappa shape index (κ2) is 9.89. The quantitative estimate of drug-likeness (QED) is 0.323. The Balaban J connectivity index is 2.54. The van der Waals surface area contributed by atoms with Crippen molar-refractivity contribution < 1.29 is 14.8 Å². The standard InChI is InChI=1S/C13H22N4O4/c1-2-4-14-12-9-11(17(19)20)10-13(16-12)15-5-3-7-21-8-6-18/h9-10,18H,2-8H2,1H3,(H2,14,15,16). The van der Waals surface area contributed by atoms with Crippen LogP contribution in [0.1, 0.15) is 19.8 Å². The Morgan fingerprint density at radius 2 is 1.95 bits per heavy atom. The first-order valence-corrected chi connectivity index (χ1v) is 7.00. The molecule has 0 radical (unpaired) electrons. The predicted octanol–water partition coefficient (Wildman–Crippen LogP) is 1.62. The molecule has 1 aromatic rings. The highest BCUT2D eigenvalue weighted by Crippen LogP contribution is 2.20. The number of hydrogen-bond donors (Lipinski definition) is 3. The molecule has 0 bridgehead atoms. The molecule has 0 saturated carbocycles. The van der Waals surface area contributed by atoms with E-state index in [1.54, 1.807) is 0 Å². The molecule has 118 valence electrons. The maximum absolute atomic E-state index is 10.9. The van der Waals surface area contributed by atoms with Crippen LogP contribution in [0.25, 0.3) is 0 Å². The first-order valence-electron chi connectivity index (χ1n) is 7.00. The number of nitro groups is 1. The molecule has 1 heterocycles. The molecule has 0 aliphatic rings. The van der Waals surface area contributed by atoms with Crippen molar-refractivity contribution in [2.45, 2.75) is 19.8 Å². The van der Waals surface area contributed by atoms with Crippen molar-refractivity contribution in [3.05, 3.63) is 22.2 Å². The Kier molecular flexibility index (Phi) is 8.07. The molecular weight excluding hydrogens is 276 g/mol. The summed E-state index contributed by atoms with van der Waals surface area (Å²) in [7, 11) is 0. The summed E-state index contributed by atoms with van der Waals surface area (Å²) in [6, 6.07) is 2.83. The first kappa shape index (κ1) is 17.1. The number of aromatic nitrogens is 1. The van der Waals surface area contributed by atoms with Crippen LogP contribution in [-0.2, 0) is 4.74 Å². The largest absolute Gasteiger partial charge is 0.394 e. The molecule has 0 fully saturated rings. The molecule has 1 aromatic heterocycles. The van der Waals surface area contributed by atoms with Gasteiger partial charge in [-0.1, -0.05) is 6.92 Å². The molecule has 3 N–H and O–H groups in total. The van der Waals surface area contributed by atoms with Crippen LogP contribution in [0, 0.1) is 10.1 Å². The fourth-order valence-electron chi connectivity index (χ4n) is 1.61. The average Bonchev–Trinajstić information content (AvgIpc) is 2.48. The zero-order chi connectivity index (χ0) is 15.5. The van der Waals surface area contributed by atoms with E-state index in [4.69, 9.17) is 9.84 Å². The van der Waals surface area contributed by atoms with Gasteiger partial charge in [0.1, 0.15) is 11.6 Å². The molecule has 0 saturated heterocycles. The molecule has 8 nitrogen and oxygen atoms in total. The van der Waals surface area contributed by atoms with E-state index in [9.17, 15) is 10.1 Å². The van der Waals surface area contributed by atoms with Crippen LogP contribution in [0.5, 0.6) is 0 Å². The van der Waals surface area contributed by atoms with Crippen molar-refractivity contribution in [1.82, 2.24) is 4.98 Å². The van der Waals surface area contributed by atoms with E-state index in [-0.39, 0.29) is 12.3 Å². The molecule has 0 aliphatic heterocycles. The third-order valence-corrected chi connectivity index (χ3v) is 2.58. The predicted molar refractivity (Wildman–Crippen MR) is 80.7 cm³/mol. The number of nitrogens with one attached hydrogen (secondary N) is 2. The number of ether oxygens (including phenoxy) is 1. The number of rotatable bonds is 11. The maximum atomic E-state index is 10.9. The Labute approximate surface area is 123 Å². The van der Waals surface area contributed by atoms with Gasteiger partial charge in [0.05, 0.1) is 30.3 Å². The van der Waals surface area contributed by atoms with Crippen molar-refractivity contribution in [2.75, 3.05) is 43.5 Å². The van der Waals surface area contributed by atoms with Crippen molar-refractivity contribution >= 4 is 17.3 Å². The topological polar surface area (TPSA) is 110 Å². The highest BCUT2D eigenvalue weighted by atomic mass is 16.6. The van der Waals surface area contributed by atoms with E-state index in [0.29, 0.717) is 37.9 Å². The van der Waals surface area contributed by atoms with Crippen LogP contribution in [0.4, 0.5) is 17.3 Å². The van der Waals surface area contributed by atoms with Gasteiger partial charge in [-0.15, -0.1) is 0 Å². The summed E-state index contributed by atoms with van der Waals surface area (Å²) in [6.45, 7) is 4.15. The lowest BCUT2D eigenvalue weighted by Gasteiger charge is -2.09. The van der Waals surface area contributed by atoms with Crippen molar-refractivity contribution in [3.8, 4) is 0 Å². The van der Waals surface area contributed by atoms with Crippen molar-refractivity contribution in [1.29, 1.82) is 0 Å². The molecule has 0 aliphatic carbocycles. The highest BCUT2D eigenvalue weighted by Gasteiger charge is 2.10. The summed E-state index contributed by atoms with van der Waals surface area (Å²) >= 11 is 0. The maximum Gasteiger partial charge on any atom is 0.276 e. The number of hydrogen-bond acceptors (Lipinski definition) is 7. The molecule has 8 heteroatoms. The van der Waals surface area contributed by atoms with Gasteiger partial charge in [-0.05, 0) is 12.8 Å². The normalized spacial score (nSPS) is 10.4. The van der Waals surface area contributed by atoms with Crippen molar-refractivity contribution in [3.63, 3.8) is 0 Å². The lowest BCUT2D eigenvalue weighted by atomic mass is 10.3.